The van der Waals surface area contributed by atoms with Gasteiger partial charge in [-0.05, 0) is 12.8 Å². The summed E-state index contributed by atoms with van der Waals surface area (Å²) in [6.07, 6.45) is 3.40. The van der Waals surface area contributed by atoms with Crippen molar-refractivity contribution < 1.29 is 15.2 Å². The maximum atomic E-state index is 10.4. The number of rotatable bonds is 1. The van der Waals surface area contributed by atoms with Crippen LogP contribution in [0.25, 0.3) is 0 Å². The molecule has 56 valence electrons. The van der Waals surface area contributed by atoms with Gasteiger partial charge in [-0.1, -0.05) is 0 Å². The molecule has 3 heteroatoms. The summed E-state index contributed by atoms with van der Waals surface area (Å²) >= 11 is 0. The number of hydrogen-bond donors (Lipinski definition) is 1. The fourth-order valence-electron chi connectivity index (χ4n) is 2.28. The second-order valence-corrected chi connectivity index (χ2v) is 3.37. The summed E-state index contributed by atoms with van der Waals surface area (Å²) < 4.78 is 0. The standard InChI is InChI=1S/C7H11NO2/c9-7(10)6-4-1-2-5(3-4)8-6/h4-6,8H,1-3H2,(H,9,10)/t4-,5+,6+/m0/s1. The van der Waals surface area contributed by atoms with Crippen molar-refractivity contribution in [3.05, 3.63) is 0 Å². The van der Waals surface area contributed by atoms with E-state index in [-0.39, 0.29) is 6.04 Å². The molecule has 2 fully saturated rings. The highest BCUT2D eigenvalue weighted by Gasteiger charge is 2.43. The van der Waals surface area contributed by atoms with Crippen molar-refractivity contribution in [2.75, 3.05) is 0 Å². The number of nitrogens with two attached hydrogens (primary N) is 1. The van der Waals surface area contributed by atoms with Crippen LogP contribution in [0.15, 0.2) is 0 Å². The van der Waals surface area contributed by atoms with Gasteiger partial charge in [0.2, 0.25) is 0 Å². The minimum absolute atomic E-state index is 0.223. The molecule has 10 heavy (non-hydrogen) atoms. The van der Waals surface area contributed by atoms with Crippen LogP contribution >= 0.6 is 0 Å². The second-order valence-electron chi connectivity index (χ2n) is 3.37. The molecule has 2 rings (SSSR count). The lowest BCUT2D eigenvalue weighted by Gasteiger charge is -2.19. The van der Waals surface area contributed by atoms with Gasteiger partial charge in [0.05, 0.1) is 12.0 Å². The van der Waals surface area contributed by atoms with Crippen LogP contribution in [0.4, 0.5) is 0 Å². The predicted octanol–water partition coefficient (Wildman–Crippen LogP) is -2.15. The van der Waals surface area contributed by atoms with Crippen LogP contribution in [0.5, 0.6) is 0 Å². The molecule has 2 bridgehead atoms. The second kappa shape index (κ2) is 1.95. The summed E-state index contributed by atoms with van der Waals surface area (Å²) in [6, 6.07) is 0.367. The number of aliphatic carboxylic acids is 1. The molecule has 3 atom stereocenters. The number of quaternary nitrogens is 1. The highest BCUT2D eigenvalue weighted by molar-refractivity contribution is 5.70. The largest absolute Gasteiger partial charge is 0.544 e. The van der Waals surface area contributed by atoms with Crippen molar-refractivity contribution in [1.29, 1.82) is 0 Å². The highest BCUT2D eigenvalue weighted by atomic mass is 16.4. The molecule has 1 saturated carbocycles. The Morgan fingerprint density at radius 2 is 2.30 bits per heavy atom. The molecule has 0 unspecified atom stereocenters. The number of carboxylic acids is 1. The Labute approximate surface area is 59.4 Å². The third-order valence-electron chi connectivity index (χ3n) is 2.77. The average Bonchev–Trinajstić information content (AvgIpc) is 2.44. The molecule has 0 aromatic rings. The topological polar surface area (TPSA) is 56.7 Å². The Morgan fingerprint density at radius 1 is 1.50 bits per heavy atom. The van der Waals surface area contributed by atoms with Crippen molar-refractivity contribution >= 4 is 5.97 Å². The molecule has 3 nitrogen and oxygen atoms in total. The normalized spacial score (nSPS) is 44.2. The van der Waals surface area contributed by atoms with E-state index < -0.39 is 5.97 Å². The van der Waals surface area contributed by atoms with Gasteiger partial charge >= 0.3 is 0 Å². The third kappa shape index (κ3) is 0.736. The summed E-state index contributed by atoms with van der Waals surface area (Å²) in [6.45, 7) is 0. The molecule has 0 aromatic heterocycles. The lowest BCUT2D eigenvalue weighted by atomic mass is 10.0. The maximum Gasteiger partial charge on any atom is 0.129 e. The van der Waals surface area contributed by atoms with Gasteiger partial charge < -0.3 is 15.2 Å². The van der Waals surface area contributed by atoms with Crippen LogP contribution in [0, 0.1) is 5.92 Å². The smallest absolute Gasteiger partial charge is 0.129 e. The molecule has 1 heterocycles. The average molecular weight is 141 g/mol. The molecule has 1 aliphatic heterocycles. The zero-order valence-electron chi connectivity index (χ0n) is 5.75. The first-order chi connectivity index (χ1) is 4.77. The number of carbonyl (C=O) groups is 1. The first-order valence-electron chi connectivity index (χ1n) is 3.83. The summed E-state index contributed by atoms with van der Waals surface area (Å²) in [5.41, 5.74) is 0. The van der Waals surface area contributed by atoms with Gasteiger partial charge in [-0.3, -0.25) is 0 Å². The molecule has 1 aliphatic carbocycles. The Bertz CT molecular complexity index is 169. The number of carbonyl (C=O) groups excluding carboxylic acids is 1. The lowest BCUT2D eigenvalue weighted by Crippen LogP contribution is -2.95. The summed E-state index contributed by atoms with van der Waals surface area (Å²) in [4.78, 5) is 10.4. The first kappa shape index (κ1) is 6.16. The van der Waals surface area contributed by atoms with Crippen LogP contribution in [0.2, 0.25) is 0 Å². The van der Waals surface area contributed by atoms with E-state index in [0.717, 1.165) is 12.8 Å². The van der Waals surface area contributed by atoms with Crippen LogP contribution < -0.4 is 10.4 Å². The van der Waals surface area contributed by atoms with Crippen molar-refractivity contribution in [2.45, 2.75) is 31.3 Å². The van der Waals surface area contributed by atoms with Crippen LogP contribution in [-0.4, -0.2) is 18.1 Å². The van der Waals surface area contributed by atoms with Gasteiger partial charge in [0, 0.05) is 12.3 Å². The molecular formula is C7H11NO2. The van der Waals surface area contributed by atoms with E-state index in [2.05, 4.69) is 0 Å². The maximum absolute atomic E-state index is 10.4. The van der Waals surface area contributed by atoms with E-state index in [1.54, 1.807) is 0 Å². The quantitative estimate of drug-likeness (QED) is 0.452. The van der Waals surface area contributed by atoms with Gasteiger partial charge in [0.15, 0.2) is 0 Å². The number of hydrogen-bond acceptors (Lipinski definition) is 2. The Balaban J connectivity index is 2.08. The van der Waals surface area contributed by atoms with Gasteiger partial charge in [-0.2, -0.15) is 0 Å². The highest BCUT2D eigenvalue weighted by Crippen LogP contribution is 2.29. The van der Waals surface area contributed by atoms with Crippen LogP contribution in [-0.2, 0) is 4.79 Å². The van der Waals surface area contributed by atoms with E-state index in [0.29, 0.717) is 12.0 Å². The van der Waals surface area contributed by atoms with E-state index in [9.17, 15) is 9.90 Å². The van der Waals surface area contributed by atoms with E-state index >= 15 is 0 Å². The van der Waals surface area contributed by atoms with Crippen LogP contribution in [0.3, 0.4) is 0 Å². The Morgan fingerprint density at radius 3 is 2.60 bits per heavy atom. The minimum Gasteiger partial charge on any atom is -0.544 e. The molecule has 0 amide bonds. The monoisotopic (exact) mass is 141 g/mol. The molecule has 0 radical (unpaired) electrons. The zero-order valence-corrected chi connectivity index (χ0v) is 5.75. The predicted molar refractivity (Wildman–Crippen MR) is 31.8 cm³/mol. The van der Waals surface area contributed by atoms with Gasteiger partial charge in [0.25, 0.3) is 0 Å². The van der Waals surface area contributed by atoms with E-state index in [1.807, 2.05) is 5.32 Å². The van der Waals surface area contributed by atoms with Crippen molar-refractivity contribution in [3.8, 4) is 0 Å². The number of carboxylic acid groups (broad SMARTS) is 1. The lowest BCUT2D eigenvalue weighted by molar-refractivity contribution is -0.704. The van der Waals surface area contributed by atoms with E-state index in [4.69, 9.17) is 0 Å². The molecule has 2 N–H and O–H groups in total. The molecular weight excluding hydrogens is 130 g/mol. The molecule has 2 aliphatic rings. The van der Waals surface area contributed by atoms with Gasteiger partial charge in [-0.25, -0.2) is 0 Å². The minimum atomic E-state index is -0.868. The Hall–Kier alpha value is -0.570. The van der Waals surface area contributed by atoms with Crippen molar-refractivity contribution in [2.24, 2.45) is 5.92 Å². The van der Waals surface area contributed by atoms with Gasteiger partial charge in [-0.15, -0.1) is 0 Å². The van der Waals surface area contributed by atoms with Crippen LogP contribution in [0.1, 0.15) is 19.3 Å². The Kier molecular flexibility index (Phi) is 1.20. The fourth-order valence-corrected chi connectivity index (χ4v) is 2.28. The van der Waals surface area contributed by atoms with E-state index in [1.165, 1.54) is 6.42 Å². The fraction of sp³-hybridized carbons (Fsp3) is 0.857. The molecule has 0 spiro atoms. The zero-order chi connectivity index (χ0) is 7.14. The van der Waals surface area contributed by atoms with Crippen molar-refractivity contribution in [1.82, 2.24) is 0 Å². The van der Waals surface area contributed by atoms with Crippen molar-refractivity contribution in [3.63, 3.8) is 0 Å². The third-order valence-corrected chi connectivity index (χ3v) is 2.77. The SMILES string of the molecule is O=C([O-])[C@@H]1[NH2+][C@@H]2CC[C@H]1C2. The first-order valence-corrected chi connectivity index (χ1v) is 3.83. The summed E-state index contributed by atoms with van der Waals surface area (Å²) in [5, 5.41) is 12.4. The summed E-state index contributed by atoms with van der Waals surface area (Å²) in [5.74, 6) is -0.456. The number of piperidine rings is 1. The summed E-state index contributed by atoms with van der Waals surface area (Å²) in [7, 11) is 0. The van der Waals surface area contributed by atoms with Gasteiger partial charge in [0.1, 0.15) is 6.04 Å². The molecule has 1 saturated heterocycles. The molecule has 0 aromatic carbocycles. The number of fused-ring (bicyclic) bond motifs is 2.